The third-order valence-electron chi connectivity index (χ3n) is 5.20. The fourth-order valence-electron chi connectivity index (χ4n) is 3.42. The van der Waals surface area contributed by atoms with Crippen LogP contribution in [-0.4, -0.2) is 34.6 Å². The van der Waals surface area contributed by atoms with E-state index in [2.05, 4.69) is 25.4 Å². The van der Waals surface area contributed by atoms with E-state index in [0.29, 0.717) is 23.3 Å². The molecule has 8 nitrogen and oxygen atoms in total. The standard InChI is InChI=1S/C19H17F2N7O/c1-27-16(22-10-23-27)9-29-17-8-15(11-3-2-4-11)19-25-24-18(28(19)26-17)12-5-13(20)7-14(21)6-12/h5-8,10-11H,2-4,9H2,1H3. The van der Waals surface area contributed by atoms with E-state index >= 15 is 0 Å². The maximum Gasteiger partial charge on any atom is 0.232 e. The predicted molar refractivity (Wildman–Crippen MR) is 98.1 cm³/mol. The molecule has 0 atom stereocenters. The first-order chi connectivity index (χ1) is 14.1. The number of fused-ring (bicyclic) bond motifs is 1. The SMILES string of the molecule is Cn1ncnc1COc1cc(C2CCC2)c2nnc(-c3cc(F)cc(F)c3)n2n1. The van der Waals surface area contributed by atoms with Crippen LogP contribution in [0.25, 0.3) is 17.0 Å². The lowest BCUT2D eigenvalue weighted by molar-refractivity contribution is 0.273. The number of hydrogen-bond acceptors (Lipinski definition) is 6. The Bertz CT molecular complexity index is 1180. The zero-order valence-electron chi connectivity index (χ0n) is 15.6. The van der Waals surface area contributed by atoms with Gasteiger partial charge in [-0.05, 0) is 30.9 Å². The number of ether oxygens (including phenoxy) is 1. The number of rotatable bonds is 5. The third kappa shape index (κ3) is 3.20. The lowest BCUT2D eigenvalue weighted by Gasteiger charge is -2.26. The molecule has 5 rings (SSSR count). The molecule has 0 spiro atoms. The van der Waals surface area contributed by atoms with Gasteiger partial charge >= 0.3 is 0 Å². The monoisotopic (exact) mass is 397 g/mol. The minimum Gasteiger partial charge on any atom is -0.468 e. The van der Waals surface area contributed by atoms with Crippen molar-refractivity contribution in [2.45, 2.75) is 31.8 Å². The van der Waals surface area contributed by atoms with Gasteiger partial charge in [0.2, 0.25) is 5.88 Å². The summed E-state index contributed by atoms with van der Waals surface area (Å²) < 4.78 is 36.4. The van der Waals surface area contributed by atoms with Gasteiger partial charge < -0.3 is 4.74 Å². The van der Waals surface area contributed by atoms with E-state index in [0.717, 1.165) is 30.9 Å². The van der Waals surface area contributed by atoms with Crippen molar-refractivity contribution in [3.8, 4) is 17.3 Å². The summed E-state index contributed by atoms with van der Waals surface area (Å²) in [6.45, 7) is 0.186. The molecular formula is C19H17F2N7O. The zero-order chi connectivity index (χ0) is 20.0. The van der Waals surface area contributed by atoms with Crippen LogP contribution < -0.4 is 4.74 Å². The number of benzene rings is 1. The van der Waals surface area contributed by atoms with E-state index in [1.807, 2.05) is 6.07 Å². The Balaban J connectivity index is 1.59. The van der Waals surface area contributed by atoms with Crippen LogP contribution in [0.1, 0.15) is 36.6 Å². The molecule has 29 heavy (non-hydrogen) atoms. The van der Waals surface area contributed by atoms with Gasteiger partial charge in [-0.15, -0.1) is 15.3 Å². The predicted octanol–water partition coefficient (Wildman–Crippen LogP) is 3.04. The summed E-state index contributed by atoms with van der Waals surface area (Å²) >= 11 is 0. The van der Waals surface area contributed by atoms with E-state index in [1.54, 1.807) is 11.7 Å². The van der Waals surface area contributed by atoms with Crippen molar-refractivity contribution < 1.29 is 13.5 Å². The van der Waals surface area contributed by atoms with E-state index in [1.165, 1.54) is 23.0 Å². The van der Waals surface area contributed by atoms with E-state index in [9.17, 15) is 8.78 Å². The maximum atomic E-state index is 13.7. The molecule has 0 saturated heterocycles. The summed E-state index contributed by atoms with van der Waals surface area (Å²) in [5.41, 5.74) is 1.79. The highest BCUT2D eigenvalue weighted by Crippen LogP contribution is 2.39. The summed E-state index contributed by atoms with van der Waals surface area (Å²) in [5.74, 6) is 0.215. The van der Waals surface area contributed by atoms with Crippen LogP contribution in [0.5, 0.6) is 5.88 Å². The lowest BCUT2D eigenvalue weighted by atomic mass is 9.80. The number of halogens is 2. The van der Waals surface area contributed by atoms with E-state index in [4.69, 9.17) is 4.74 Å². The summed E-state index contributed by atoms with van der Waals surface area (Å²) in [6.07, 6.45) is 4.67. The van der Waals surface area contributed by atoms with Gasteiger partial charge in [0.1, 0.15) is 24.6 Å². The van der Waals surface area contributed by atoms with Crippen molar-refractivity contribution >= 4 is 5.65 Å². The van der Waals surface area contributed by atoms with Gasteiger partial charge in [-0.25, -0.2) is 13.8 Å². The summed E-state index contributed by atoms with van der Waals surface area (Å²) in [4.78, 5) is 4.14. The highest BCUT2D eigenvalue weighted by molar-refractivity contribution is 5.62. The van der Waals surface area contributed by atoms with Crippen LogP contribution in [-0.2, 0) is 13.7 Å². The smallest absolute Gasteiger partial charge is 0.232 e. The number of nitrogens with zero attached hydrogens (tertiary/aromatic N) is 7. The molecule has 3 aromatic heterocycles. The molecule has 10 heteroatoms. The number of hydrogen-bond donors (Lipinski definition) is 0. The quantitative estimate of drug-likeness (QED) is 0.515. The molecule has 3 heterocycles. The first kappa shape index (κ1) is 17.7. The second-order valence-electron chi connectivity index (χ2n) is 7.07. The lowest BCUT2D eigenvalue weighted by Crippen LogP contribution is -2.13. The minimum absolute atomic E-state index is 0.186. The Morgan fingerprint density at radius 2 is 1.90 bits per heavy atom. The van der Waals surface area contributed by atoms with Gasteiger partial charge in [0, 0.05) is 30.3 Å². The van der Waals surface area contributed by atoms with Crippen molar-refractivity contribution in [3.63, 3.8) is 0 Å². The van der Waals surface area contributed by atoms with Crippen molar-refractivity contribution in [1.29, 1.82) is 0 Å². The molecule has 148 valence electrons. The van der Waals surface area contributed by atoms with Crippen molar-refractivity contribution in [1.82, 2.24) is 34.6 Å². The molecule has 0 amide bonds. The zero-order valence-corrected chi connectivity index (χ0v) is 15.6. The largest absolute Gasteiger partial charge is 0.468 e. The van der Waals surface area contributed by atoms with Gasteiger partial charge in [-0.3, -0.25) is 4.68 Å². The van der Waals surface area contributed by atoms with Gasteiger partial charge in [-0.1, -0.05) is 6.42 Å². The Morgan fingerprint density at radius 3 is 2.55 bits per heavy atom. The van der Waals surface area contributed by atoms with Crippen LogP contribution in [0.3, 0.4) is 0 Å². The Morgan fingerprint density at radius 1 is 1.10 bits per heavy atom. The molecule has 1 fully saturated rings. The molecule has 1 aliphatic rings. The highest BCUT2D eigenvalue weighted by Gasteiger charge is 2.26. The summed E-state index contributed by atoms with van der Waals surface area (Å²) in [7, 11) is 1.78. The summed E-state index contributed by atoms with van der Waals surface area (Å²) in [5, 5.41) is 16.9. The minimum atomic E-state index is -0.689. The fourth-order valence-corrected chi connectivity index (χ4v) is 3.42. The molecule has 1 saturated carbocycles. The highest BCUT2D eigenvalue weighted by atomic mass is 19.1. The summed E-state index contributed by atoms with van der Waals surface area (Å²) in [6, 6.07) is 5.09. The molecule has 0 bridgehead atoms. The van der Waals surface area contributed by atoms with Crippen molar-refractivity contribution in [2.75, 3.05) is 0 Å². The molecule has 1 aromatic carbocycles. The molecule has 1 aliphatic carbocycles. The Labute approximate surface area is 164 Å². The van der Waals surface area contributed by atoms with Crippen LogP contribution >= 0.6 is 0 Å². The third-order valence-corrected chi connectivity index (χ3v) is 5.20. The molecule has 4 aromatic rings. The molecule has 0 unspecified atom stereocenters. The van der Waals surface area contributed by atoms with Crippen LogP contribution in [0.2, 0.25) is 0 Å². The molecular weight excluding hydrogens is 380 g/mol. The second kappa shape index (κ2) is 6.87. The Kier molecular flexibility index (Phi) is 4.18. The van der Waals surface area contributed by atoms with Crippen molar-refractivity contribution in [3.05, 3.63) is 53.6 Å². The van der Waals surface area contributed by atoms with E-state index in [-0.39, 0.29) is 18.0 Å². The van der Waals surface area contributed by atoms with E-state index < -0.39 is 11.6 Å². The van der Waals surface area contributed by atoms with Crippen LogP contribution in [0, 0.1) is 11.6 Å². The average Bonchev–Trinajstić information content (AvgIpc) is 3.24. The van der Waals surface area contributed by atoms with Crippen LogP contribution in [0.15, 0.2) is 30.6 Å². The second-order valence-corrected chi connectivity index (χ2v) is 7.07. The number of aryl methyl sites for hydroxylation is 1. The van der Waals surface area contributed by atoms with Gasteiger partial charge in [0.15, 0.2) is 17.3 Å². The van der Waals surface area contributed by atoms with Gasteiger partial charge in [0.05, 0.1) is 0 Å². The van der Waals surface area contributed by atoms with Gasteiger partial charge in [0.25, 0.3) is 0 Å². The first-order valence-corrected chi connectivity index (χ1v) is 9.27. The average molecular weight is 397 g/mol. The first-order valence-electron chi connectivity index (χ1n) is 9.27. The molecule has 0 aliphatic heterocycles. The van der Waals surface area contributed by atoms with Gasteiger partial charge in [-0.2, -0.15) is 9.61 Å². The number of aromatic nitrogens is 7. The van der Waals surface area contributed by atoms with Crippen molar-refractivity contribution in [2.24, 2.45) is 7.05 Å². The maximum absolute atomic E-state index is 13.7. The topological polar surface area (TPSA) is 83.0 Å². The van der Waals surface area contributed by atoms with Crippen LogP contribution in [0.4, 0.5) is 8.78 Å². The molecule has 0 radical (unpaired) electrons. The molecule has 0 N–H and O–H groups in total. The Hall–Kier alpha value is -3.43. The normalized spacial score (nSPS) is 14.3. The fraction of sp³-hybridized carbons (Fsp3) is 0.316.